The highest BCUT2D eigenvalue weighted by Crippen LogP contribution is 2.38. The zero-order valence-electron chi connectivity index (χ0n) is 11.7. The summed E-state index contributed by atoms with van der Waals surface area (Å²) in [4.78, 5) is 15.8. The Morgan fingerprint density at radius 1 is 1.55 bits per heavy atom. The van der Waals surface area contributed by atoms with Crippen LogP contribution in [0.2, 0.25) is 0 Å². The minimum absolute atomic E-state index is 0.0139. The predicted octanol–water partition coefficient (Wildman–Crippen LogP) is 1.44. The van der Waals surface area contributed by atoms with Gasteiger partial charge in [-0.15, -0.1) is 0 Å². The van der Waals surface area contributed by atoms with Crippen LogP contribution in [0.15, 0.2) is 18.3 Å². The molecule has 0 aliphatic carbocycles. The number of rotatable bonds is 6. The molecule has 0 radical (unpaired) electrons. The molecule has 2 rings (SSSR count). The van der Waals surface area contributed by atoms with E-state index in [1.165, 1.54) is 7.11 Å². The molecule has 1 saturated heterocycles. The fourth-order valence-electron chi connectivity index (χ4n) is 2.31. The Morgan fingerprint density at radius 2 is 2.30 bits per heavy atom. The third kappa shape index (κ3) is 3.07. The molecule has 1 fully saturated rings. The molecule has 110 valence electrons. The molecule has 1 aromatic rings. The fraction of sp³-hybridized carbons (Fsp3) is 0.571. The van der Waals surface area contributed by atoms with Gasteiger partial charge >= 0.3 is 5.97 Å². The number of carbonyl (C=O) groups excluding carboxylic acids is 1. The first kappa shape index (κ1) is 14.7. The van der Waals surface area contributed by atoms with Crippen molar-refractivity contribution in [1.82, 2.24) is 10.3 Å². The third-order valence-corrected chi connectivity index (χ3v) is 3.51. The molecular formula is C14H19FN2O3. The van der Waals surface area contributed by atoms with E-state index in [1.54, 1.807) is 25.3 Å². The van der Waals surface area contributed by atoms with Gasteiger partial charge in [-0.05, 0) is 12.5 Å². The maximum Gasteiger partial charge on any atom is 0.306 e. The zero-order valence-corrected chi connectivity index (χ0v) is 11.7. The number of nitrogens with zero attached hydrogens (tertiary/aromatic N) is 1. The van der Waals surface area contributed by atoms with E-state index in [0.29, 0.717) is 18.1 Å². The Labute approximate surface area is 117 Å². The molecule has 6 heteroatoms. The van der Waals surface area contributed by atoms with E-state index in [1.807, 2.05) is 0 Å². The number of hydrogen-bond donors (Lipinski definition) is 1. The smallest absolute Gasteiger partial charge is 0.306 e. The Morgan fingerprint density at radius 3 is 2.75 bits per heavy atom. The maximum absolute atomic E-state index is 14.7. The number of nitrogens with one attached hydrogen (secondary N) is 1. The quantitative estimate of drug-likeness (QED) is 0.800. The summed E-state index contributed by atoms with van der Waals surface area (Å²) in [6, 6.07) is 3.41. The topological polar surface area (TPSA) is 60.5 Å². The maximum atomic E-state index is 14.7. The van der Waals surface area contributed by atoms with Crippen LogP contribution in [0.25, 0.3) is 0 Å². The molecule has 0 spiro atoms. The monoisotopic (exact) mass is 282 g/mol. The summed E-state index contributed by atoms with van der Waals surface area (Å²) in [5, 5.41) is 2.91. The van der Waals surface area contributed by atoms with E-state index < -0.39 is 17.6 Å². The summed E-state index contributed by atoms with van der Waals surface area (Å²) >= 11 is 0. The van der Waals surface area contributed by atoms with Crippen LogP contribution in [-0.2, 0) is 9.53 Å². The van der Waals surface area contributed by atoms with Crippen molar-refractivity contribution >= 4 is 5.97 Å². The standard InChI is InChI=1S/C14H19FN2O3/c1-3-20-13(18)6-11(14(15)8-16-9-14)10-4-5-12(19-2)17-7-10/h4-5,7,11,16H,3,6,8-9H2,1-2H3. The van der Waals surface area contributed by atoms with E-state index in [-0.39, 0.29) is 19.5 Å². The van der Waals surface area contributed by atoms with Gasteiger partial charge in [-0.25, -0.2) is 9.37 Å². The average molecular weight is 282 g/mol. The van der Waals surface area contributed by atoms with Gasteiger partial charge in [0.15, 0.2) is 0 Å². The van der Waals surface area contributed by atoms with E-state index in [2.05, 4.69) is 10.3 Å². The van der Waals surface area contributed by atoms with Crippen molar-refractivity contribution in [2.24, 2.45) is 0 Å². The molecular weight excluding hydrogens is 263 g/mol. The van der Waals surface area contributed by atoms with Crippen LogP contribution in [-0.4, -0.2) is 43.4 Å². The second-order valence-corrected chi connectivity index (χ2v) is 4.83. The van der Waals surface area contributed by atoms with Gasteiger partial charge in [-0.1, -0.05) is 6.07 Å². The summed E-state index contributed by atoms with van der Waals surface area (Å²) in [7, 11) is 1.52. The van der Waals surface area contributed by atoms with E-state index >= 15 is 0 Å². The first-order chi connectivity index (χ1) is 9.59. The van der Waals surface area contributed by atoms with Crippen LogP contribution in [0.3, 0.4) is 0 Å². The van der Waals surface area contributed by atoms with Gasteiger partial charge in [0.05, 0.1) is 20.1 Å². The molecule has 0 saturated carbocycles. The van der Waals surface area contributed by atoms with Crippen molar-refractivity contribution in [3.8, 4) is 5.88 Å². The molecule has 1 N–H and O–H groups in total. The van der Waals surface area contributed by atoms with Crippen LogP contribution >= 0.6 is 0 Å². The van der Waals surface area contributed by atoms with Gasteiger partial charge in [-0.3, -0.25) is 4.79 Å². The number of methoxy groups -OCH3 is 1. The highest BCUT2D eigenvalue weighted by Gasteiger charge is 2.46. The molecule has 1 atom stereocenters. The Balaban J connectivity index is 2.18. The van der Waals surface area contributed by atoms with Crippen molar-refractivity contribution in [1.29, 1.82) is 0 Å². The Kier molecular flexibility index (Phi) is 4.54. The molecule has 1 unspecified atom stereocenters. The Bertz CT molecular complexity index is 460. The lowest BCUT2D eigenvalue weighted by Crippen LogP contribution is -2.60. The van der Waals surface area contributed by atoms with Gasteiger partial charge in [0, 0.05) is 31.3 Å². The van der Waals surface area contributed by atoms with Gasteiger partial charge in [0.1, 0.15) is 5.67 Å². The zero-order chi connectivity index (χ0) is 14.6. The summed E-state index contributed by atoms with van der Waals surface area (Å²) in [5.41, 5.74) is -0.744. The van der Waals surface area contributed by atoms with Crippen molar-refractivity contribution in [3.63, 3.8) is 0 Å². The molecule has 5 nitrogen and oxygen atoms in total. The molecule has 1 aliphatic rings. The molecule has 0 amide bonds. The van der Waals surface area contributed by atoms with Crippen LogP contribution in [0, 0.1) is 0 Å². The molecule has 0 bridgehead atoms. The highest BCUT2D eigenvalue weighted by molar-refractivity contribution is 5.71. The van der Waals surface area contributed by atoms with Crippen molar-refractivity contribution in [3.05, 3.63) is 23.9 Å². The number of aromatic nitrogens is 1. The van der Waals surface area contributed by atoms with Crippen LogP contribution in [0.4, 0.5) is 4.39 Å². The van der Waals surface area contributed by atoms with Crippen LogP contribution < -0.4 is 10.1 Å². The number of hydrogen-bond acceptors (Lipinski definition) is 5. The van der Waals surface area contributed by atoms with E-state index in [0.717, 1.165) is 0 Å². The van der Waals surface area contributed by atoms with Crippen molar-refractivity contribution in [2.75, 3.05) is 26.8 Å². The number of pyridine rings is 1. The largest absolute Gasteiger partial charge is 0.481 e. The Hall–Kier alpha value is -1.69. The van der Waals surface area contributed by atoms with Gasteiger partial charge in [0.2, 0.25) is 5.88 Å². The minimum atomic E-state index is -1.43. The van der Waals surface area contributed by atoms with Crippen LogP contribution in [0.5, 0.6) is 5.88 Å². The van der Waals surface area contributed by atoms with Gasteiger partial charge in [0.25, 0.3) is 0 Å². The van der Waals surface area contributed by atoms with E-state index in [9.17, 15) is 9.18 Å². The highest BCUT2D eigenvalue weighted by atomic mass is 19.1. The lowest BCUT2D eigenvalue weighted by Gasteiger charge is -2.41. The molecule has 1 aromatic heterocycles. The summed E-state index contributed by atoms with van der Waals surface area (Å²) in [6.07, 6.45) is 1.57. The van der Waals surface area contributed by atoms with Crippen molar-refractivity contribution in [2.45, 2.75) is 24.9 Å². The number of alkyl halides is 1. The lowest BCUT2D eigenvalue weighted by atomic mass is 9.78. The van der Waals surface area contributed by atoms with Crippen molar-refractivity contribution < 1.29 is 18.7 Å². The minimum Gasteiger partial charge on any atom is -0.481 e. The molecule has 20 heavy (non-hydrogen) atoms. The second-order valence-electron chi connectivity index (χ2n) is 4.83. The normalized spacial score (nSPS) is 17.9. The SMILES string of the molecule is CCOC(=O)CC(c1ccc(OC)nc1)C1(F)CNC1. The number of ether oxygens (including phenoxy) is 2. The van der Waals surface area contributed by atoms with Crippen LogP contribution in [0.1, 0.15) is 24.8 Å². The number of halogens is 1. The van der Waals surface area contributed by atoms with E-state index in [4.69, 9.17) is 9.47 Å². The first-order valence-electron chi connectivity index (χ1n) is 6.64. The lowest BCUT2D eigenvalue weighted by molar-refractivity contribution is -0.145. The van der Waals surface area contributed by atoms with Gasteiger partial charge < -0.3 is 14.8 Å². The first-order valence-corrected chi connectivity index (χ1v) is 6.64. The molecule has 0 aromatic carbocycles. The summed E-state index contributed by atoms with van der Waals surface area (Å²) in [5.74, 6) is -0.485. The predicted molar refractivity (Wildman–Crippen MR) is 71.5 cm³/mol. The summed E-state index contributed by atoms with van der Waals surface area (Å²) in [6.45, 7) is 2.51. The van der Waals surface area contributed by atoms with Gasteiger partial charge in [-0.2, -0.15) is 0 Å². The third-order valence-electron chi connectivity index (χ3n) is 3.51. The number of carbonyl (C=O) groups is 1. The molecule has 2 heterocycles. The number of esters is 1. The average Bonchev–Trinajstić information content (AvgIpc) is 2.43. The second kappa shape index (κ2) is 6.17. The summed E-state index contributed by atoms with van der Waals surface area (Å²) < 4.78 is 24.6. The fourth-order valence-corrected chi connectivity index (χ4v) is 2.31. The molecule has 1 aliphatic heterocycles.